The summed E-state index contributed by atoms with van der Waals surface area (Å²) in [7, 11) is 1.51. The van der Waals surface area contributed by atoms with Gasteiger partial charge in [0.25, 0.3) is 0 Å². The van der Waals surface area contributed by atoms with Gasteiger partial charge in [-0.2, -0.15) is 13.2 Å². The first-order chi connectivity index (χ1) is 16.7. The maximum absolute atomic E-state index is 13.1. The molecular formula is C25H25ClF3N3O3. The van der Waals surface area contributed by atoms with Crippen molar-refractivity contribution in [2.75, 3.05) is 25.5 Å². The van der Waals surface area contributed by atoms with E-state index in [9.17, 15) is 18.0 Å². The van der Waals surface area contributed by atoms with Crippen LogP contribution in [0.2, 0.25) is 5.02 Å². The van der Waals surface area contributed by atoms with Gasteiger partial charge in [0.05, 0.1) is 17.7 Å². The third-order valence-corrected chi connectivity index (χ3v) is 5.38. The van der Waals surface area contributed by atoms with E-state index in [1.54, 1.807) is 18.2 Å². The minimum Gasteiger partial charge on any atom is -0.493 e. The second-order valence-corrected chi connectivity index (χ2v) is 8.00. The number of rotatable bonds is 9. The van der Waals surface area contributed by atoms with E-state index in [0.29, 0.717) is 18.1 Å². The number of urea groups is 1. The van der Waals surface area contributed by atoms with Gasteiger partial charge < -0.3 is 25.4 Å². The van der Waals surface area contributed by atoms with Crippen molar-refractivity contribution < 1.29 is 27.4 Å². The largest absolute Gasteiger partial charge is 0.493 e. The SMILES string of the molecule is COc1cc(CN(CCN)C(=O)Nc2ccc(Cl)c(C(F)(F)F)c2)ccc1OCc1ccccc1. The maximum atomic E-state index is 13.1. The van der Waals surface area contributed by atoms with Crippen LogP contribution in [0.25, 0.3) is 0 Å². The van der Waals surface area contributed by atoms with Crippen molar-refractivity contribution >= 4 is 23.3 Å². The predicted molar refractivity (Wildman–Crippen MR) is 129 cm³/mol. The summed E-state index contributed by atoms with van der Waals surface area (Å²) in [5.41, 5.74) is 6.32. The van der Waals surface area contributed by atoms with Gasteiger partial charge in [-0.25, -0.2) is 4.79 Å². The molecule has 0 bridgehead atoms. The normalized spacial score (nSPS) is 11.1. The summed E-state index contributed by atoms with van der Waals surface area (Å²) in [5.74, 6) is 1.02. The summed E-state index contributed by atoms with van der Waals surface area (Å²) in [6.07, 6.45) is -4.64. The third-order valence-electron chi connectivity index (χ3n) is 5.05. The molecule has 0 spiro atoms. The summed E-state index contributed by atoms with van der Waals surface area (Å²) >= 11 is 5.65. The highest BCUT2D eigenvalue weighted by Crippen LogP contribution is 2.36. The molecule has 186 valence electrons. The quantitative estimate of drug-likeness (QED) is 0.376. The first-order valence-electron chi connectivity index (χ1n) is 10.7. The zero-order chi connectivity index (χ0) is 25.4. The van der Waals surface area contributed by atoms with E-state index in [0.717, 1.165) is 23.3 Å². The van der Waals surface area contributed by atoms with Crippen molar-refractivity contribution in [3.8, 4) is 11.5 Å². The highest BCUT2D eigenvalue weighted by atomic mass is 35.5. The second-order valence-electron chi connectivity index (χ2n) is 7.59. The number of carbonyl (C=O) groups is 1. The number of hydrogen-bond donors (Lipinski definition) is 2. The topological polar surface area (TPSA) is 76.8 Å². The van der Waals surface area contributed by atoms with E-state index in [-0.39, 0.29) is 25.3 Å². The standard InChI is InChI=1S/C25H25ClF3N3O3/c1-34-23-13-18(7-10-22(23)35-16-17-5-3-2-4-6-17)15-32(12-11-30)24(33)31-19-8-9-21(26)20(14-19)25(27,28)29/h2-10,13-14H,11-12,15-16,30H2,1H3,(H,31,33). The van der Waals surface area contributed by atoms with Gasteiger partial charge in [-0.3, -0.25) is 0 Å². The van der Waals surface area contributed by atoms with Crippen molar-refractivity contribution in [1.29, 1.82) is 0 Å². The van der Waals surface area contributed by atoms with Crippen molar-refractivity contribution in [1.82, 2.24) is 4.90 Å². The smallest absolute Gasteiger partial charge is 0.417 e. The lowest BCUT2D eigenvalue weighted by Crippen LogP contribution is -2.38. The lowest BCUT2D eigenvalue weighted by molar-refractivity contribution is -0.137. The summed E-state index contributed by atoms with van der Waals surface area (Å²) < 4.78 is 50.7. The summed E-state index contributed by atoms with van der Waals surface area (Å²) in [6, 6.07) is 17.5. The van der Waals surface area contributed by atoms with Crippen LogP contribution in [0.4, 0.5) is 23.7 Å². The number of methoxy groups -OCH3 is 1. The molecule has 0 heterocycles. The molecule has 3 N–H and O–H groups in total. The number of anilines is 1. The number of benzene rings is 3. The molecule has 0 aliphatic carbocycles. The predicted octanol–water partition coefficient (Wildman–Crippen LogP) is 5.94. The molecule has 0 fully saturated rings. The molecule has 0 aliphatic heterocycles. The molecule has 2 amide bonds. The molecule has 10 heteroatoms. The van der Waals surface area contributed by atoms with Crippen LogP contribution in [-0.4, -0.2) is 31.1 Å². The Balaban J connectivity index is 1.72. The second kappa shape index (κ2) is 11.8. The van der Waals surface area contributed by atoms with E-state index < -0.39 is 22.8 Å². The van der Waals surface area contributed by atoms with Gasteiger partial charge in [0, 0.05) is 25.3 Å². The van der Waals surface area contributed by atoms with E-state index in [4.69, 9.17) is 26.8 Å². The number of nitrogens with one attached hydrogen (secondary N) is 1. The minimum atomic E-state index is -4.64. The number of amides is 2. The molecule has 6 nitrogen and oxygen atoms in total. The number of halogens is 4. The molecule has 0 saturated carbocycles. The van der Waals surface area contributed by atoms with Crippen LogP contribution in [0.5, 0.6) is 11.5 Å². The van der Waals surface area contributed by atoms with Gasteiger partial charge in [0.1, 0.15) is 6.61 Å². The van der Waals surface area contributed by atoms with Gasteiger partial charge in [0.15, 0.2) is 11.5 Å². The first-order valence-corrected chi connectivity index (χ1v) is 11.1. The van der Waals surface area contributed by atoms with Crippen LogP contribution in [0.15, 0.2) is 66.7 Å². The average Bonchev–Trinajstić information content (AvgIpc) is 2.84. The monoisotopic (exact) mass is 507 g/mol. The Bertz CT molecular complexity index is 1140. The van der Waals surface area contributed by atoms with Crippen molar-refractivity contribution in [3.63, 3.8) is 0 Å². The highest BCUT2D eigenvalue weighted by Gasteiger charge is 2.33. The van der Waals surface area contributed by atoms with E-state index >= 15 is 0 Å². The molecule has 0 unspecified atom stereocenters. The van der Waals surface area contributed by atoms with Crippen LogP contribution >= 0.6 is 11.6 Å². The Labute approximate surface area is 206 Å². The molecule has 0 atom stereocenters. The molecule has 3 aromatic rings. The fourth-order valence-corrected chi connectivity index (χ4v) is 3.54. The molecular weight excluding hydrogens is 483 g/mol. The van der Waals surface area contributed by atoms with Gasteiger partial charge in [-0.1, -0.05) is 48.0 Å². The Hall–Kier alpha value is -3.43. The van der Waals surface area contributed by atoms with Crippen LogP contribution in [0.1, 0.15) is 16.7 Å². The van der Waals surface area contributed by atoms with Crippen molar-refractivity contribution in [3.05, 3.63) is 88.4 Å². The fourth-order valence-electron chi connectivity index (χ4n) is 3.32. The highest BCUT2D eigenvalue weighted by molar-refractivity contribution is 6.31. The van der Waals surface area contributed by atoms with Crippen LogP contribution in [0, 0.1) is 0 Å². The first kappa shape index (κ1) is 26.2. The molecule has 0 aromatic heterocycles. The molecule has 35 heavy (non-hydrogen) atoms. The lowest BCUT2D eigenvalue weighted by Gasteiger charge is -2.23. The van der Waals surface area contributed by atoms with Gasteiger partial charge in [-0.05, 0) is 41.5 Å². The number of nitrogens with two attached hydrogens (primary N) is 1. The van der Waals surface area contributed by atoms with Crippen LogP contribution in [0.3, 0.4) is 0 Å². The molecule has 0 saturated heterocycles. The molecule has 3 aromatic carbocycles. The Kier molecular flexibility index (Phi) is 8.84. The summed E-state index contributed by atoms with van der Waals surface area (Å²) in [6.45, 7) is 0.856. The average molecular weight is 508 g/mol. The summed E-state index contributed by atoms with van der Waals surface area (Å²) in [4.78, 5) is 14.2. The maximum Gasteiger partial charge on any atom is 0.417 e. The summed E-state index contributed by atoms with van der Waals surface area (Å²) in [5, 5.41) is 2.03. The lowest BCUT2D eigenvalue weighted by atomic mass is 10.1. The van der Waals surface area contributed by atoms with Gasteiger partial charge in [0.2, 0.25) is 0 Å². The number of carbonyl (C=O) groups excluding carboxylic acids is 1. The molecule has 0 radical (unpaired) electrons. The number of alkyl halides is 3. The zero-order valence-electron chi connectivity index (χ0n) is 18.9. The van der Waals surface area contributed by atoms with E-state index in [2.05, 4.69) is 5.32 Å². The minimum absolute atomic E-state index is 0.0315. The van der Waals surface area contributed by atoms with Crippen molar-refractivity contribution in [2.45, 2.75) is 19.3 Å². The Morgan fingerprint density at radius 1 is 1.03 bits per heavy atom. The number of ether oxygens (including phenoxy) is 2. The van der Waals surface area contributed by atoms with Crippen LogP contribution < -0.4 is 20.5 Å². The Morgan fingerprint density at radius 2 is 1.77 bits per heavy atom. The molecule has 0 aliphatic rings. The van der Waals surface area contributed by atoms with Crippen molar-refractivity contribution in [2.24, 2.45) is 5.73 Å². The van der Waals surface area contributed by atoms with E-state index in [1.807, 2.05) is 30.3 Å². The van der Waals surface area contributed by atoms with E-state index in [1.165, 1.54) is 18.1 Å². The third kappa shape index (κ3) is 7.27. The molecule has 3 rings (SSSR count). The zero-order valence-corrected chi connectivity index (χ0v) is 19.7. The van der Waals surface area contributed by atoms with Gasteiger partial charge >= 0.3 is 12.2 Å². The fraction of sp³-hybridized carbons (Fsp3) is 0.240. The van der Waals surface area contributed by atoms with Gasteiger partial charge in [-0.15, -0.1) is 0 Å². The van der Waals surface area contributed by atoms with Crippen LogP contribution in [-0.2, 0) is 19.3 Å². The number of nitrogens with zero attached hydrogens (tertiary/aromatic N) is 1. The Morgan fingerprint density at radius 3 is 2.43 bits per heavy atom. The number of hydrogen-bond acceptors (Lipinski definition) is 4.